The maximum Gasteiger partial charge on any atom is 0.219 e. The number of allylic oxidation sites excluding steroid dienone is 1. The van der Waals surface area contributed by atoms with E-state index >= 15 is 0 Å². The molecule has 1 N–H and O–H groups in total. The first-order valence-corrected chi connectivity index (χ1v) is 5.72. The number of amides is 1. The van der Waals surface area contributed by atoms with Crippen LogP contribution in [0.25, 0.3) is 0 Å². The first kappa shape index (κ1) is 12.2. The molecule has 3 nitrogen and oxygen atoms in total. The molecule has 3 heteroatoms. The van der Waals surface area contributed by atoms with Crippen molar-refractivity contribution in [2.75, 3.05) is 19.6 Å². The smallest absolute Gasteiger partial charge is 0.219 e. The molecule has 0 atom stereocenters. The van der Waals surface area contributed by atoms with Crippen LogP contribution in [0.1, 0.15) is 33.6 Å². The van der Waals surface area contributed by atoms with Gasteiger partial charge in [0, 0.05) is 32.6 Å². The molecule has 0 spiro atoms. The van der Waals surface area contributed by atoms with Gasteiger partial charge in [0.15, 0.2) is 0 Å². The minimum atomic E-state index is 0.206. The second-order valence-corrected chi connectivity index (χ2v) is 4.47. The highest BCUT2D eigenvalue weighted by atomic mass is 16.2. The Labute approximate surface area is 92.5 Å². The van der Waals surface area contributed by atoms with Crippen molar-refractivity contribution in [3.05, 3.63) is 11.6 Å². The van der Waals surface area contributed by atoms with Crippen molar-refractivity contribution in [2.24, 2.45) is 0 Å². The van der Waals surface area contributed by atoms with Crippen LogP contribution < -0.4 is 5.32 Å². The van der Waals surface area contributed by atoms with E-state index in [1.807, 2.05) is 4.90 Å². The van der Waals surface area contributed by atoms with Gasteiger partial charge in [0.05, 0.1) is 0 Å². The highest BCUT2D eigenvalue weighted by Gasteiger charge is 2.19. The minimum absolute atomic E-state index is 0.206. The van der Waals surface area contributed by atoms with Gasteiger partial charge in [0.2, 0.25) is 5.91 Å². The van der Waals surface area contributed by atoms with E-state index in [4.69, 9.17) is 0 Å². The van der Waals surface area contributed by atoms with Crippen LogP contribution in [0.3, 0.4) is 0 Å². The quantitative estimate of drug-likeness (QED) is 0.717. The molecular weight excluding hydrogens is 188 g/mol. The highest BCUT2D eigenvalue weighted by molar-refractivity contribution is 5.73. The summed E-state index contributed by atoms with van der Waals surface area (Å²) in [6.07, 6.45) is 4.36. The van der Waals surface area contributed by atoms with Crippen LogP contribution in [0.15, 0.2) is 11.6 Å². The van der Waals surface area contributed by atoms with Gasteiger partial charge in [-0.3, -0.25) is 4.79 Å². The third-order valence-electron chi connectivity index (χ3n) is 2.86. The number of piperidine rings is 1. The molecule has 0 bridgehead atoms. The predicted octanol–water partition coefficient (Wildman–Crippen LogP) is 1.55. The Morgan fingerprint density at radius 3 is 2.40 bits per heavy atom. The van der Waals surface area contributed by atoms with Crippen LogP contribution in [0.2, 0.25) is 0 Å². The van der Waals surface area contributed by atoms with E-state index in [1.165, 1.54) is 5.57 Å². The number of hydrogen-bond acceptors (Lipinski definition) is 2. The van der Waals surface area contributed by atoms with Crippen molar-refractivity contribution in [1.29, 1.82) is 0 Å². The Hall–Kier alpha value is -0.830. The fourth-order valence-corrected chi connectivity index (χ4v) is 1.83. The van der Waals surface area contributed by atoms with Gasteiger partial charge in [0.25, 0.3) is 0 Å². The fraction of sp³-hybridized carbons (Fsp3) is 0.750. The molecule has 0 aromatic heterocycles. The molecule has 1 heterocycles. The summed E-state index contributed by atoms with van der Waals surface area (Å²) in [6.45, 7) is 8.63. The summed E-state index contributed by atoms with van der Waals surface area (Å²) in [5.74, 6) is 0.206. The van der Waals surface area contributed by atoms with Crippen LogP contribution >= 0.6 is 0 Å². The van der Waals surface area contributed by atoms with Crippen molar-refractivity contribution in [3.8, 4) is 0 Å². The zero-order valence-corrected chi connectivity index (χ0v) is 10.0. The van der Waals surface area contributed by atoms with E-state index in [0.717, 1.165) is 32.5 Å². The maximum atomic E-state index is 11.1. The molecule has 0 radical (unpaired) electrons. The van der Waals surface area contributed by atoms with Crippen LogP contribution in [0, 0.1) is 0 Å². The van der Waals surface area contributed by atoms with Gasteiger partial charge in [-0.1, -0.05) is 11.6 Å². The number of carbonyl (C=O) groups excluding carboxylic acids is 1. The van der Waals surface area contributed by atoms with Crippen molar-refractivity contribution in [3.63, 3.8) is 0 Å². The molecule has 0 aromatic rings. The predicted molar refractivity (Wildman–Crippen MR) is 62.7 cm³/mol. The minimum Gasteiger partial charge on any atom is -0.343 e. The molecule has 15 heavy (non-hydrogen) atoms. The van der Waals surface area contributed by atoms with Crippen LogP contribution in [0.4, 0.5) is 0 Å². The van der Waals surface area contributed by atoms with Gasteiger partial charge < -0.3 is 10.2 Å². The Morgan fingerprint density at radius 1 is 1.33 bits per heavy atom. The SMILES string of the molecule is CC(=O)N1CCC(NCC=C(C)C)CC1. The topological polar surface area (TPSA) is 32.3 Å². The molecular formula is C12H22N2O. The Kier molecular flexibility index (Phi) is 4.82. The lowest BCUT2D eigenvalue weighted by atomic mass is 10.1. The van der Waals surface area contributed by atoms with Crippen molar-refractivity contribution in [1.82, 2.24) is 10.2 Å². The Morgan fingerprint density at radius 2 is 1.93 bits per heavy atom. The lowest BCUT2D eigenvalue weighted by Gasteiger charge is -2.31. The van der Waals surface area contributed by atoms with Gasteiger partial charge in [-0.2, -0.15) is 0 Å². The van der Waals surface area contributed by atoms with Gasteiger partial charge >= 0.3 is 0 Å². The van der Waals surface area contributed by atoms with Crippen LogP contribution in [-0.2, 0) is 4.79 Å². The summed E-state index contributed by atoms with van der Waals surface area (Å²) in [5, 5.41) is 3.50. The fourth-order valence-electron chi connectivity index (χ4n) is 1.83. The molecule has 1 fully saturated rings. The van der Waals surface area contributed by atoms with Crippen molar-refractivity contribution < 1.29 is 4.79 Å². The summed E-state index contributed by atoms with van der Waals surface area (Å²) in [4.78, 5) is 13.0. The van der Waals surface area contributed by atoms with E-state index in [2.05, 4.69) is 25.2 Å². The molecule has 0 aliphatic carbocycles. The number of carbonyl (C=O) groups is 1. The van der Waals surface area contributed by atoms with E-state index in [1.54, 1.807) is 6.92 Å². The van der Waals surface area contributed by atoms with E-state index in [9.17, 15) is 4.79 Å². The standard InChI is InChI=1S/C12H22N2O/c1-10(2)4-7-13-12-5-8-14(9-6-12)11(3)15/h4,12-13H,5-9H2,1-3H3. The van der Waals surface area contributed by atoms with E-state index < -0.39 is 0 Å². The number of nitrogens with zero attached hydrogens (tertiary/aromatic N) is 1. The zero-order valence-electron chi connectivity index (χ0n) is 10.0. The largest absolute Gasteiger partial charge is 0.343 e. The second-order valence-electron chi connectivity index (χ2n) is 4.47. The van der Waals surface area contributed by atoms with Crippen molar-refractivity contribution in [2.45, 2.75) is 39.7 Å². The molecule has 1 saturated heterocycles. The highest BCUT2D eigenvalue weighted by Crippen LogP contribution is 2.10. The van der Waals surface area contributed by atoms with Crippen LogP contribution in [-0.4, -0.2) is 36.5 Å². The monoisotopic (exact) mass is 210 g/mol. The summed E-state index contributed by atoms with van der Waals surface area (Å²) >= 11 is 0. The lowest BCUT2D eigenvalue weighted by molar-refractivity contribution is -0.129. The Bertz CT molecular complexity index is 236. The van der Waals surface area contributed by atoms with Gasteiger partial charge in [0.1, 0.15) is 0 Å². The zero-order chi connectivity index (χ0) is 11.3. The summed E-state index contributed by atoms with van der Waals surface area (Å²) in [6, 6.07) is 0.580. The third-order valence-corrected chi connectivity index (χ3v) is 2.86. The van der Waals surface area contributed by atoms with Gasteiger partial charge in [-0.25, -0.2) is 0 Å². The lowest BCUT2D eigenvalue weighted by Crippen LogP contribution is -2.44. The van der Waals surface area contributed by atoms with Crippen molar-refractivity contribution >= 4 is 5.91 Å². The molecule has 86 valence electrons. The molecule has 0 saturated carbocycles. The molecule has 1 aliphatic heterocycles. The average Bonchev–Trinajstić information content (AvgIpc) is 2.18. The normalized spacial score (nSPS) is 17.7. The summed E-state index contributed by atoms with van der Waals surface area (Å²) < 4.78 is 0. The number of nitrogens with one attached hydrogen (secondary N) is 1. The van der Waals surface area contributed by atoms with Gasteiger partial charge in [-0.15, -0.1) is 0 Å². The Balaban J connectivity index is 2.20. The summed E-state index contributed by atoms with van der Waals surface area (Å²) in [5.41, 5.74) is 1.35. The molecule has 1 aliphatic rings. The molecule has 0 aromatic carbocycles. The first-order valence-electron chi connectivity index (χ1n) is 5.72. The molecule has 0 unspecified atom stereocenters. The number of hydrogen-bond donors (Lipinski definition) is 1. The number of likely N-dealkylation sites (tertiary alicyclic amines) is 1. The average molecular weight is 210 g/mol. The van der Waals surface area contributed by atoms with Crippen LogP contribution in [0.5, 0.6) is 0 Å². The first-order chi connectivity index (χ1) is 7.09. The van der Waals surface area contributed by atoms with E-state index in [0.29, 0.717) is 6.04 Å². The number of rotatable bonds is 3. The maximum absolute atomic E-state index is 11.1. The van der Waals surface area contributed by atoms with Gasteiger partial charge in [-0.05, 0) is 26.7 Å². The second kappa shape index (κ2) is 5.91. The third kappa shape index (κ3) is 4.47. The molecule has 1 amide bonds. The molecule has 1 rings (SSSR count). The summed E-state index contributed by atoms with van der Waals surface area (Å²) in [7, 11) is 0. The van der Waals surface area contributed by atoms with E-state index in [-0.39, 0.29) is 5.91 Å².